The van der Waals surface area contributed by atoms with Gasteiger partial charge < -0.3 is 14.5 Å². The van der Waals surface area contributed by atoms with Crippen molar-refractivity contribution in [3.63, 3.8) is 0 Å². The van der Waals surface area contributed by atoms with Gasteiger partial charge in [-0.1, -0.05) is 48.5 Å². The lowest BCUT2D eigenvalue weighted by atomic mass is 10.1. The van der Waals surface area contributed by atoms with Gasteiger partial charge in [-0.25, -0.2) is 0 Å². The van der Waals surface area contributed by atoms with Crippen LogP contribution in [0.3, 0.4) is 0 Å². The van der Waals surface area contributed by atoms with Crippen LogP contribution < -0.4 is 5.32 Å². The van der Waals surface area contributed by atoms with Crippen molar-refractivity contribution in [2.24, 2.45) is 9.98 Å². The van der Waals surface area contributed by atoms with Crippen molar-refractivity contribution in [1.29, 1.82) is 0 Å². The predicted octanol–water partition coefficient (Wildman–Crippen LogP) is 7.99. The van der Waals surface area contributed by atoms with Crippen molar-refractivity contribution in [1.82, 2.24) is 14.5 Å². The van der Waals surface area contributed by atoms with Crippen LogP contribution >= 0.6 is 0 Å². The number of aliphatic imine (C=N–C) groups is 2. The quantitative estimate of drug-likeness (QED) is 0.204. The Morgan fingerprint density at radius 2 is 0.952 bits per heavy atom. The summed E-state index contributed by atoms with van der Waals surface area (Å²) in [7, 11) is 0. The molecular formula is C37H39N5. The Labute approximate surface area is 247 Å². The smallest absolute Gasteiger partial charge is 0.0491 e. The molecule has 10 rings (SSSR count). The van der Waals surface area contributed by atoms with E-state index in [9.17, 15) is 0 Å². The first-order chi connectivity index (χ1) is 20.9. The second kappa shape index (κ2) is 12.3. The molecule has 0 saturated heterocycles. The van der Waals surface area contributed by atoms with Gasteiger partial charge in [0.05, 0.1) is 0 Å². The Morgan fingerprint density at radius 3 is 1.48 bits per heavy atom. The van der Waals surface area contributed by atoms with E-state index in [0.717, 1.165) is 65.0 Å². The molecule has 4 aliphatic heterocycles. The van der Waals surface area contributed by atoms with E-state index in [1.54, 1.807) is 0 Å². The summed E-state index contributed by atoms with van der Waals surface area (Å²) in [5.74, 6) is 0. The Bertz CT molecular complexity index is 1770. The lowest BCUT2D eigenvalue weighted by molar-refractivity contribution is 0.570. The molecule has 0 fully saturated rings. The third kappa shape index (κ3) is 5.37. The summed E-state index contributed by atoms with van der Waals surface area (Å²) in [4.78, 5) is 9.45. The van der Waals surface area contributed by atoms with Gasteiger partial charge in [-0.05, 0) is 92.7 Å². The molecule has 0 aliphatic carbocycles. The lowest BCUT2D eigenvalue weighted by Gasteiger charge is -2.10. The molecule has 4 aliphatic rings. The highest BCUT2D eigenvalue weighted by molar-refractivity contribution is 6.10. The van der Waals surface area contributed by atoms with E-state index in [-0.39, 0.29) is 0 Å². The number of fused-ring (bicyclic) bond motifs is 2. The van der Waals surface area contributed by atoms with Crippen LogP contribution in [0.25, 0.3) is 43.6 Å². The average molecular weight is 554 g/mol. The van der Waals surface area contributed by atoms with Crippen molar-refractivity contribution in [3.8, 4) is 0 Å². The van der Waals surface area contributed by atoms with Crippen molar-refractivity contribution in [2.45, 2.75) is 45.2 Å². The molecule has 5 heteroatoms. The highest BCUT2D eigenvalue weighted by Gasteiger charge is 2.12. The van der Waals surface area contributed by atoms with Crippen LogP contribution in [0.5, 0.6) is 0 Å². The molecule has 5 nitrogen and oxygen atoms in total. The first kappa shape index (κ1) is 26.7. The highest BCUT2D eigenvalue weighted by atomic mass is 15.0. The number of aryl methyl sites for hydroxylation is 2. The molecule has 0 amide bonds. The second-order valence-corrected chi connectivity index (χ2v) is 11.5. The molecule has 0 unspecified atom stereocenters. The Hall–Kier alpha value is -4.22. The fourth-order valence-electron chi connectivity index (χ4n) is 6.56. The number of hydrogen-bond donors (Lipinski definition) is 1. The van der Waals surface area contributed by atoms with Gasteiger partial charge in [0.1, 0.15) is 0 Å². The third-order valence-corrected chi connectivity index (χ3v) is 8.62. The van der Waals surface area contributed by atoms with Gasteiger partial charge >= 0.3 is 0 Å². The Morgan fingerprint density at radius 1 is 0.476 bits per heavy atom. The molecule has 0 spiro atoms. The SMILES string of the molecule is C1=NCCCNCCCN=Cc2ccc3c(c2)c2ccccc2n3CCCCCn2c3ccccc3c3cc1ccc32. The summed E-state index contributed by atoms with van der Waals surface area (Å²) in [6, 6.07) is 31.3. The van der Waals surface area contributed by atoms with Gasteiger partial charge in [0, 0.05) is 82.2 Å². The van der Waals surface area contributed by atoms with Crippen LogP contribution in [0.2, 0.25) is 0 Å². The van der Waals surface area contributed by atoms with Crippen molar-refractivity contribution in [3.05, 3.63) is 96.1 Å². The first-order valence-corrected chi connectivity index (χ1v) is 15.6. The number of aromatic nitrogens is 2. The fraction of sp³-hybridized carbons (Fsp3) is 0.297. The fourth-order valence-corrected chi connectivity index (χ4v) is 6.56. The van der Waals surface area contributed by atoms with Crippen LogP contribution in [0.4, 0.5) is 0 Å². The van der Waals surface area contributed by atoms with Gasteiger partial charge in [0.15, 0.2) is 0 Å². The van der Waals surface area contributed by atoms with Crippen LogP contribution in [-0.2, 0) is 13.1 Å². The largest absolute Gasteiger partial charge is 0.340 e. The standard InChI is InChI=1S/C37H39N5/c1-6-22-41-34-12-4-2-10-30(34)32-24-28(14-16-36(32)41)26-39-20-8-18-38-19-9-21-40-27-29-15-17-37-33(25-29)31-11-3-5-13-35(31)42(37)23-7-1/h2-5,10-17,24-27,38H,1,6-9,18-23H2. The Balaban J connectivity index is 1.18. The summed E-state index contributed by atoms with van der Waals surface area (Å²) >= 11 is 0. The summed E-state index contributed by atoms with van der Waals surface area (Å²) in [6.07, 6.45) is 9.65. The average Bonchev–Trinajstić information content (AvgIpc) is 3.51. The molecule has 1 N–H and O–H groups in total. The normalized spacial score (nSPS) is 16.2. The van der Waals surface area contributed by atoms with Crippen LogP contribution in [-0.4, -0.2) is 47.7 Å². The summed E-state index contributed by atoms with van der Waals surface area (Å²) in [5, 5.41) is 8.86. The zero-order valence-electron chi connectivity index (χ0n) is 24.3. The summed E-state index contributed by atoms with van der Waals surface area (Å²) in [5.41, 5.74) is 7.64. The maximum Gasteiger partial charge on any atom is 0.0491 e. The first-order valence-electron chi connectivity index (χ1n) is 15.6. The summed E-state index contributed by atoms with van der Waals surface area (Å²) in [6.45, 7) is 5.69. The van der Waals surface area contributed by atoms with Crippen LogP contribution in [0, 0.1) is 0 Å². The van der Waals surface area contributed by atoms with Gasteiger partial charge in [-0.15, -0.1) is 0 Å². The van der Waals surface area contributed by atoms with E-state index >= 15 is 0 Å². The number of nitrogens with one attached hydrogen (secondary N) is 1. The minimum atomic E-state index is 0.837. The van der Waals surface area contributed by atoms with Crippen molar-refractivity contribution < 1.29 is 0 Å². The van der Waals surface area contributed by atoms with Crippen LogP contribution in [0.15, 0.2) is 94.9 Å². The highest BCUT2D eigenvalue weighted by Crippen LogP contribution is 2.32. The topological polar surface area (TPSA) is 46.6 Å². The molecule has 0 atom stereocenters. The molecule has 42 heavy (non-hydrogen) atoms. The molecular weight excluding hydrogens is 514 g/mol. The molecule has 6 heterocycles. The number of nitrogens with zero attached hydrogens (tertiary/aromatic N) is 4. The van der Waals surface area contributed by atoms with Crippen molar-refractivity contribution in [2.75, 3.05) is 26.2 Å². The minimum Gasteiger partial charge on any atom is -0.340 e. The van der Waals surface area contributed by atoms with Gasteiger partial charge in [-0.2, -0.15) is 0 Å². The maximum atomic E-state index is 4.72. The number of hydrogen-bond acceptors (Lipinski definition) is 3. The number of para-hydroxylation sites is 2. The van der Waals surface area contributed by atoms with E-state index in [2.05, 4.69) is 99.4 Å². The van der Waals surface area contributed by atoms with E-state index in [4.69, 9.17) is 9.98 Å². The molecule has 0 saturated carbocycles. The zero-order valence-corrected chi connectivity index (χ0v) is 24.3. The van der Waals surface area contributed by atoms with E-state index in [0.29, 0.717) is 0 Å². The maximum absolute atomic E-state index is 4.72. The monoisotopic (exact) mass is 553 g/mol. The Kier molecular flexibility index (Phi) is 7.83. The van der Waals surface area contributed by atoms with E-state index < -0.39 is 0 Å². The van der Waals surface area contributed by atoms with Crippen molar-refractivity contribution >= 4 is 56.0 Å². The lowest BCUT2D eigenvalue weighted by Crippen LogP contribution is -2.18. The summed E-state index contributed by atoms with van der Waals surface area (Å²) < 4.78 is 5.04. The van der Waals surface area contributed by atoms with E-state index in [1.165, 1.54) is 61.2 Å². The molecule has 0 radical (unpaired) electrons. The number of rotatable bonds is 0. The zero-order chi connectivity index (χ0) is 28.1. The predicted molar refractivity (Wildman–Crippen MR) is 180 cm³/mol. The molecule has 212 valence electrons. The molecule has 4 aromatic carbocycles. The molecule has 8 bridgehead atoms. The molecule has 2 aromatic heterocycles. The minimum absolute atomic E-state index is 0.837. The number of benzene rings is 4. The van der Waals surface area contributed by atoms with Gasteiger partial charge in [0.2, 0.25) is 0 Å². The second-order valence-electron chi connectivity index (χ2n) is 11.5. The van der Waals surface area contributed by atoms with E-state index in [1.807, 2.05) is 12.4 Å². The molecule has 6 aromatic rings. The van der Waals surface area contributed by atoms with Gasteiger partial charge in [0.25, 0.3) is 0 Å². The van der Waals surface area contributed by atoms with Gasteiger partial charge in [-0.3, -0.25) is 9.98 Å². The third-order valence-electron chi connectivity index (χ3n) is 8.62. The van der Waals surface area contributed by atoms with Crippen LogP contribution in [0.1, 0.15) is 43.2 Å².